The van der Waals surface area contributed by atoms with Crippen molar-refractivity contribution >= 4 is 23.2 Å². The van der Waals surface area contributed by atoms with Gasteiger partial charge in [-0.3, -0.25) is 9.69 Å². The first kappa shape index (κ1) is 16.2. The minimum atomic E-state index is -0.210. The maximum atomic E-state index is 13.3. The zero-order valence-corrected chi connectivity index (χ0v) is 15.7. The maximum Gasteiger partial charge on any atom is 0.261 e. The van der Waals surface area contributed by atoms with Gasteiger partial charge in [-0.2, -0.15) is 5.26 Å². The van der Waals surface area contributed by atoms with Crippen molar-refractivity contribution in [1.82, 2.24) is 4.57 Å². The molecule has 0 N–H and O–H groups in total. The molecule has 2 aromatic carbocycles. The molecule has 0 radical (unpaired) electrons. The molecule has 0 saturated carbocycles. The number of carbonyl (C=O) groups excluding carboxylic acids is 1. The lowest BCUT2D eigenvalue weighted by atomic mass is 9.87. The van der Waals surface area contributed by atoms with Gasteiger partial charge in [0.15, 0.2) is 0 Å². The molecule has 3 heterocycles. The van der Waals surface area contributed by atoms with Gasteiger partial charge >= 0.3 is 0 Å². The Morgan fingerprint density at radius 1 is 1.15 bits per heavy atom. The van der Waals surface area contributed by atoms with Crippen molar-refractivity contribution in [3.8, 4) is 17.2 Å². The van der Waals surface area contributed by atoms with Crippen molar-refractivity contribution in [2.75, 3.05) is 4.90 Å². The number of anilines is 1. The molecule has 0 spiro atoms. The molecule has 5 rings (SSSR count). The Labute approximate surface area is 162 Å². The highest BCUT2D eigenvalue weighted by Gasteiger charge is 2.46. The third kappa shape index (κ3) is 2.01. The molecule has 1 aromatic heterocycles. The normalized spacial score (nSPS) is 16.6. The average Bonchev–Trinajstić information content (AvgIpc) is 3.21. The topological polar surface area (TPSA) is 49.0 Å². The van der Waals surface area contributed by atoms with E-state index in [0.29, 0.717) is 10.6 Å². The summed E-state index contributed by atoms with van der Waals surface area (Å²) in [4.78, 5) is 15.1. The molecule has 0 fully saturated rings. The lowest BCUT2D eigenvalue weighted by Gasteiger charge is -2.35. The van der Waals surface area contributed by atoms with Gasteiger partial charge in [0.2, 0.25) is 0 Å². The van der Waals surface area contributed by atoms with Crippen LogP contribution in [0, 0.1) is 11.3 Å². The van der Waals surface area contributed by atoms with Gasteiger partial charge in [0.25, 0.3) is 5.91 Å². The first-order valence-electron chi connectivity index (χ1n) is 8.90. The Hall–Kier alpha value is -3.03. The molecule has 1 unspecified atom stereocenters. The minimum Gasteiger partial charge on any atom is -0.346 e. The van der Waals surface area contributed by atoms with Gasteiger partial charge in [-0.15, -0.1) is 0 Å². The summed E-state index contributed by atoms with van der Waals surface area (Å²) < 4.78 is 2.16. The van der Waals surface area contributed by atoms with E-state index in [1.54, 1.807) is 0 Å². The third-order valence-corrected chi connectivity index (χ3v) is 5.79. The van der Waals surface area contributed by atoms with Crippen LogP contribution in [-0.4, -0.2) is 10.5 Å². The zero-order chi connectivity index (χ0) is 18.9. The Kier molecular flexibility index (Phi) is 3.28. The molecule has 2 aliphatic heterocycles. The van der Waals surface area contributed by atoms with Crippen molar-refractivity contribution in [3.05, 3.63) is 76.1 Å². The number of carbonyl (C=O) groups is 1. The molecule has 27 heavy (non-hydrogen) atoms. The van der Waals surface area contributed by atoms with E-state index in [1.165, 1.54) is 0 Å². The number of halogens is 1. The number of nitriles is 1. The molecule has 0 aliphatic carbocycles. The zero-order valence-electron chi connectivity index (χ0n) is 14.9. The van der Waals surface area contributed by atoms with Crippen molar-refractivity contribution in [2.45, 2.75) is 25.9 Å². The molecular formula is C22H16ClN3O. The smallest absolute Gasteiger partial charge is 0.261 e. The second kappa shape index (κ2) is 5.48. The molecular weight excluding hydrogens is 358 g/mol. The molecule has 4 nitrogen and oxygen atoms in total. The monoisotopic (exact) mass is 373 g/mol. The van der Waals surface area contributed by atoms with Gasteiger partial charge < -0.3 is 4.57 Å². The Balaban J connectivity index is 1.88. The van der Waals surface area contributed by atoms with Crippen LogP contribution >= 0.6 is 11.6 Å². The van der Waals surface area contributed by atoms with E-state index in [-0.39, 0.29) is 18.0 Å². The standard InChI is InChI=1S/C22H16ClN3O/c1-12(2)25-9-8-15-20(25)21-14-7-6-13(11-24)10-16(14)19-17(23)4-3-5-18(19)26(21)22(15)27/h3-10,12,21H,1-2H3. The molecule has 0 saturated heterocycles. The van der Waals surface area contributed by atoms with Crippen molar-refractivity contribution in [3.63, 3.8) is 0 Å². The van der Waals surface area contributed by atoms with Crippen LogP contribution < -0.4 is 4.90 Å². The minimum absolute atomic E-state index is 0.00655. The first-order chi connectivity index (χ1) is 13.0. The highest BCUT2D eigenvalue weighted by atomic mass is 35.5. The number of hydrogen-bond donors (Lipinski definition) is 0. The highest BCUT2D eigenvalue weighted by molar-refractivity contribution is 6.35. The Morgan fingerprint density at radius 3 is 2.70 bits per heavy atom. The summed E-state index contributed by atoms with van der Waals surface area (Å²) in [7, 11) is 0. The van der Waals surface area contributed by atoms with Crippen LogP contribution in [0.2, 0.25) is 5.02 Å². The van der Waals surface area contributed by atoms with E-state index in [0.717, 1.165) is 33.6 Å². The number of hydrogen-bond acceptors (Lipinski definition) is 2. The maximum absolute atomic E-state index is 13.3. The third-order valence-electron chi connectivity index (χ3n) is 5.48. The average molecular weight is 374 g/mol. The number of rotatable bonds is 1. The molecule has 3 aromatic rings. The summed E-state index contributed by atoms with van der Waals surface area (Å²) in [5.41, 5.74) is 5.86. The Morgan fingerprint density at radius 2 is 1.96 bits per heavy atom. The summed E-state index contributed by atoms with van der Waals surface area (Å²) in [6.45, 7) is 4.22. The fourth-order valence-electron chi connectivity index (χ4n) is 4.34. The van der Waals surface area contributed by atoms with Crippen LogP contribution in [0.15, 0.2) is 48.7 Å². The molecule has 5 heteroatoms. The van der Waals surface area contributed by atoms with Crippen molar-refractivity contribution < 1.29 is 4.79 Å². The molecule has 2 aliphatic rings. The van der Waals surface area contributed by atoms with Crippen LogP contribution in [0.3, 0.4) is 0 Å². The second-order valence-electron chi connectivity index (χ2n) is 7.24. The predicted octanol–water partition coefficient (Wildman–Crippen LogP) is 5.32. The van der Waals surface area contributed by atoms with E-state index in [4.69, 9.17) is 11.6 Å². The SMILES string of the molecule is CC(C)n1ccc2c1C1c3ccc(C#N)cc3-c3c(Cl)cccc3N1C2=O. The van der Waals surface area contributed by atoms with Crippen LogP contribution in [0.25, 0.3) is 11.1 Å². The van der Waals surface area contributed by atoms with Gasteiger partial charge in [-0.25, -0.2) is 0 Å². The largest absolute Gasteiger partial charge is 0.346 e. The molecule has 132 valence electrons. The van der Waals surface area contributed by atoms with Gasteiger partial charge in [0.05, 0.1) is 33.6 Å². The van der Waals surface area contributed by atoms with E-state index in [1.807, 2.05) is 53.6 Å². The number of nitrogens with zero attached hydrogens (tertiary/aromatic N) is 3. The van der Waals surface area contributed by atoms with Crippen LogP contribution in [0.4, 0.5) is 5.69 Å². The number of benzene rings is 2. The number of fused-ring (bicyclic) bond motifs is 8. The van der Waals surface area contributed by atoms with Crippen molar-refractivity contribution in [2.24, 2.45) is 0 Å². The Bertz CT molecular complexity index is 1170. The van der Waals surface area contributed by atoms with Crippen LogP contribution in [-0.2, 0) is 0 Å². The van der Waals surface area contributed by atoms with Crippen LogP contribution in [0.5, 0.6) is 0 Å². The first-order valence-corrected chi connectivity index (χ1v) is 9.28. The number of aromatic nitrogens is 1. The van der Waals surface area contributed by atoms with Gasteiger partial charge in [0.1, 0.15) is 6.04 Å². The predicted molar refractivity (Wildman–Crippen MR) is 105 cm³/mol. The molecule has 1 amide bonds. The second-order valence-corrected chi connectivity index (χ2v) is 7.65. The molecule has 1 atom stereocenters. The fraction of sp³-hybridized carbons (Fsp3) is 0.182. The van der Waals surface area contributed by atoms with Gasteiger partial charge in [0, 0.05) is 17.8 Å². The van der Waals surface area contributed by atoms with E-state index in [9.17, 15) is 10.1 Å². The summed E-state index contributed by atoms with van der Waals surface area (Å²) in [5, 5.41) is 9.96. The van der Waals surface area contributed by atoms with E-state index in [2.05, 4.69) is 24.5 Å². The molecule has 0 bridgehead atoms. The quantitative estimate of drug-likeness (QED) is 0.579. The van der Waals surface area contributed by atoms with Crippen LogP contribution in [0.1, 0.15) is 53.1 Å². The summed E-state index contributed by atoms with van der Waals surface area (Å²) in [5.74, 6) is -0.00655. The lowest BCUT2D eigenvalue weighted by molar-refractivity contribution is 0.0993. The van der Waals surface area contributed by atoms with E-state index < -0.39 is 0 Å². The number of amides is 1. The van der Waals surface area contributed by atoms with Crippen molar-refractivity contribution in [1.29, 1.82) is 5.26 Å². The lowest BCUT2D eigenvalue weighted by Crippen LogP contribution is -2.33. The summed E-state index contributed by atoms with van der Waals surface area (Å²) in [6, 6.07) is 15.4. The summed E-state index contributed by atoms with van der Waals surface area (Å²) in [6.07, 6.45) is 1.99. The van der Waals surface area contributed by atoms with E-state index >= 15 is 0 Å². The summed E-state index contributed by atoms with van der Waals surface area (Å²) >= 11 is 6.54. The van der Waals surface area contributed by atoms with Gasteiger partial charge in [-0.1, -0.05) is 23.7 Å². The highest BCUT2D eigenvalue weighted by Crippen LogP contribution is 2.54. The fourth-order valence-corrected chi connectivity index (χ4v) is 4.62. The van der Waals surface area contributed by atoms with Gasteiger partial charge in [-0.05, 0) is 55.3 Å².